The average Bonchev–Trinajstić information content (AvgIpc) is 3.02. The number of halogens is 4. The average molecular weight is 392 g/mol. The van der Waals surface area contributed by atoms with Gasteiger partial charge in [-0.3, -0.25) is 9.48 Å². The molecule has 1 heterocycles. The highest BCUT2D eigenvalue weighted by molar-refractivity contribution is 5.94. The smallest absolute Gasteiger partial charge is 0.381 e. The molecule has 144 valence electrons. The quantitative estimate of drug-likeness (QED) is 0.668. The van der Waals surface area contributed by atoms with Crippen LogP contribution >= 0.6 is 0 Å². The number of carbonyl (C=O) groups excluding carboxylic acids is 1. The number of nitrogens with zero attached hydrogens (tertiary/aromatic N) is 3. The van der Waals surface area contributed by atoms with E-state index in [0.717, 1.165) is 12.1 Å². The van der Waals surface area contributed by atoms with Gasteiger partial charge in [0.2, 0.25) is 0 Å². The number of nitriles is 1. The summed E-state index contributed by atoms with van der Waals surface area (Å²) in [6.45, 7) is -0.287. The lowest BCUT2D eigenvalue weighted by molar-refractivity contribution is -0.137. The Hall–Kier alpha value is -3.45. The van der Waals surface area contributed by atoms with Gasteiger partial charge < -0.3 is 10.4 Å². The van der Waals surface area contributed by atoms with Crippen molar-refractivity contribution in [1.29, 1.82) is 5.26 Å². The number of hydrogen-bond acceptors (Lipinski definition) is 4. The van der Waals surface area contributed by atoms with Gasteiger partial charge in [0.05, 0.1) is 29.3 Å². The number of aromatic nitrogens is 2. The molecule has 6 nitrogen and oxygen atoms in total. The molecule has 0 saturated carbocycles. The van der Waals surface area contributed by atoms with E-state index >= 15 is 0 Å². The Labute approximate surface area is 155 Å². The van der Waals surface area contributed by atoms with Gasteiger partial charge in [0.15, 0.2) is 6.10 Å². The Balaban J connectivity index is 1.74. The van der Waals surface area contributed by atoms with Crippen molar-refractivity contribution >= 4 is 22.5 Å². The molecule has 3 rings (SSSR count). The van der Waals surface area contributed by atoms with Crippen LogP contribution in [-0.2, 0) is 17.5 Å². The SMILES string of the molecule is N#Cc1ccc(NC(=O)C(O)Cn2cc3cc(F)ccc3n2)cc1C(F)(F)F. The molecule has 1 unspecified atom stereocenters. The lowest BCUT2D eigenvalue weighted by atomic mass is 10.1. The molecule has 2 aromatic carbocycles. The first-order valence-corrected chi connectivity index (χ1v) is 7.90. The Morgan fingerprint density at radius 2 is 2.04 bits per heavy atom. The highest BCUT2D eigenvalue weighted by atomic mass is 19.4. The highest BCUT2D eigenvalue weighted by Gasteiger charge is 2.34. The molecule has 1 amide bonds. The zero-order valence-corrected chi connectivity index (χ0v) is 14.0. The summed E-state index contributed by atoms with van der Waals surface area (Å²) in [5.41, 5.74) is -1.54. The maximum atomic E-state index is 13.2. The van der Waals surface area contributed by atoms with Crippen LogP contribution in [0.1, 0.15) is 11.1 Å². The second-order valence-electron chi connectivity index (χ2n) is 5.93. The molecular formula is C18H12F4N4O2. The summed E-state index contributed by atoms with van der Waals surface area (Å²) in [6, 6.07) is 8.00. The number of amides is 1. The molecule has 1 atom stereocenters. The minimum atomic E-state index is -4.77. The Morgan fingerprint density at radius 3 is 2.71 bits per heavy atom. The minimum absolute atomic E-state index is 0.219. The monoisotopic (exact) mass is 392 g/mol. The maximum absolute atomic E-state index is 13.2. The van der Waals surface area contributed by atoms with Crippen molar-refractivity contribution in [2.24, 2.45) is 0 Å². The molecule has 0 fully saturated rings. The van der Waals surface area contributed by atoms with Crippen LogP contribution in [0.2, 0.25) is 0 Å². The number of hydrogen-bond donors (Lipinski definition) is 2. The third-order valence-corrected chi connectivity index (χ3v) is 3.89. The van der Waals surface area contributed by atoms with E-state index in [2.05, 4.69) is 10.4 Å². The standard InChI is InChI=1S/C18H12F4N4O2/c19-12-2-4-15-11(5-12)8-26(25-15)9-16(27)17(28)24-13-3-1-10(7-23)14(6-13)18(20,21)22/h1-6,8,16,27H,9H2,(H,24,28). The number of aliphatic hydroxyl groups is 1. The molecular weight excluding hydrogens is 380 g/mol. The van der Waals surface area contributed by atoms with Crippen molar-refractivity contribution in [3.05, 3.63) is 59.5 Å². The minimum Gasteiger partial charge on any atom is -0.381 e. The van der Waals surface area contributed by atoms with E-state index < -0.39 is 35.1 Å². The summed E-state index contributed by atoms with van der Waals surface area (Å²) in [4.78, 5) is 12.1. The summed E-state index contributed by atoms with van der Waals surface area (Å²) in [6.07, 6.45) is -4.96. The van der Waals surface area contributed by atoms with Gasteiger partial charge >= 0.3 is 6.18 Å². The van der Waals surface area contributed by atoms with E-state index in [1.54, 1.807) is 0 Å². The van der Waals surface area contributed by atoms with Gasteiger partial charge in [0.25, 0.3) is 5.91 Å². The van der Waals surface area contributed by atoms with Gasteiger partial charge in [0.1, 0.15) is 5.82 Å². The van der Waals surface area contributed by atoms with E-state index in [9.17, 15) is 27.5 Å². The first-order valence-electron chi connectivity index (χ1n) is 7.90. The molecule has 2 N–H and O–H groups in total. The number of benzene rings is 2. The van der Waals surface area contributed by atoms with E-state index in [1.165, 1.54) is 35.1 Å². The Morgan fingerprint density at radius 1 is 1.29 bits per heavy atom. The van der Waals surface area contributed by atoms with Crippen molar-refractivity contribution in [3.8, 4) is 6.07 Å². The van der Waals surface area contributed by atoms with Crippen molar-refractivity contribution < 1.29 is 27.5 Å². The van der Waals surface area contributed by atoms with E-state index in [4.69, 9.17) is 5.26 Å². The predicted octanol–water partition coefficient (Wildman–Crippen LogP) is 3.07. The van der Waals surface area contributed by atoms with Crippen LogP contribution in [-0.4, -0.2) is 26.9 Å². The molecule has 0 radical (unpaired) electrons. The summed E-state index contributed by atoms with van der Waals surface area (Å²) in [7, 11) is 0. The molecule has 0 spiro atoms. The van der Waals surface area contributed by atoms with Gasteiger partial charge in [-0.2, -0.15) is 23.5 Å². The molecule has 0 aliphatic carbocycles. The van der Waals surface area contributed by atoms with E-state index in [0.29, 0.717) is 17.0 Å². The highest BCUT2D eigenvalue weighted by Crippen LogP contribution is 2.33. The van der Waals surface area contributed by atoms with Crippen LogP contribution in [0.15, 0.2) is 42.6 Å². The lowest BCUT2D eigenvalue weighted by Crippen LogP contribution is -2.31. The van der Waals surface area contributed by atoms with Crippen LogP contribution in [0.4, 0.5) is 23.2 Å². The number of aliphatic hydroxyl groups excluding tert-OH is 1. The Kier molecular flexibility index (Phi) is 5.02. The number of nitrogens with one attached hydrogen (secondary N) is 1. The fourth-order valence-corrected chi connectivity index (χ4v) is 2.58. The van der Waals surface area contributed by atoms with Gasteiger partial charge in [-0.15, -0.1) is 0 Å². The fourth-order valence-electron chi connectivity index (χ4n) is 2.58. The first kappa shape index (κ1) is 19.3. The largest absolute Gasteiger partial charge is 0.417 e. The molecule has 0 bridgehead atoms. The molecule has 1 aromatic heterocycles. The van der Waals surface area contributed by atoms with Crippen LogP contribution in [0.5, 0.6) is 0 Å². The number of anilines is 1. The Bertz CT molecular complexity index is 1090. The van der Waals surface area contributed by atoms with E-state index in [-0.39, 0.29) is 12.2 Å². The summed E-state index contributed by atoms with van der Waals surface area (Å²) in [5, 5.41) is 25.5. The van der Waals surface area contributed by atoms with Crippen LogP contribution in [0.25, 0.3) is 10.9 Å². The number of rotatable bonds is 4. The topological polar surface area (TPSA) is 90.9 Å². The second kappa shape index (κ2) is 7.28. The van der Waals surface area contributed by atoms with Gasteiger partial charge in [-0.05, 0) is 36.4 Å². The normalized spacial score (nSPS) is 12.6. The molecule has 0 aliphatic rings. The second-order valence-corrected chi connectivity index (χ2v) is 5.93. The number of alkyl halides is 3. The van der Waals surface area contributed by atoms with Gasteiger partial charge in [0, 0.05) is 17.3 Å². The van der Waals surface area contributed by atoms with Crippen molar-refractivity contribution in [2.45, 2.75) is 18.8 Å². The third kappa shape index (κ3) is 4.10. The summed E-state index contributed by atoms with van der Waals surface area (Å²) >= 11 is 0. The van der Waals surface area contributed by atoms with Gasteiger partial charge in [-0.1, -0.05) is 0 Å². The number of carbonyl (C=O) groups is 1. The van der Waals surface area contributed by atoms with Crippen molar-refractivity contribution in [1.82, 2.24) is 9.78 Å². The molecule has 28 heavy (non-hydrogen) atoms. The third-order valence-electron chi connectivity index (χ3n) is 3.89. The summed E-state index contributed by atoms with van der Waals surface area (Å²) in [5.74, 6) is -1.42. The molecule has 0 aliphatic heterocycles. The van der Waals surface area contributed by atoms with E-state index in [1.807, 2.05) is 0 Å². The summed E-state index contributed by atoms with van der Waals surface area (Å²) < 4.78 is 53.4. The number of fused-ring (bicyclic) bond motifs is 1. The predicted molar refractivity (Wildman–Crippen MR) is 90.5 cm³/mol. The van der Waals surface area contributed by atoms with Crippen LogP contribution in [0.3, 0.4) is 0 Å². The van der Waals surface area contributed by atoms with Crippen molar-refractivity contribution in [2.75, 3.05) is 5.32 Å². The van der Waals surface area contributed by atoms with Crippen molar-refractivity contribution in [3.63, 3.8) is 0 Å². The van der Waals surface area contributed by atoms with Crippen LogP contribution in [0, 0.1) is 17.1 Å². The van der Waals surface area contributed by atoms with Crippen LogP contribution < -0.4 is 5.32 Å². The zero-order valence-electron chi connectivity index (χ0n) is 14.0. The maximum Gasteiger partial charge on any atom is 0.417 e. The zero-order chi connectivity index (χ0) is 20.5. The molecule has 0 saturated heterocycles. The van der Waals surface area contributed by atoms with Gasteiger partial charge in [-0.25, -0.2) is 4.39 Å². The molecule has 10 heteroatoms. The first-order chi connectivity index (χ1) is 13.2. The molecule has 3 aromatic rings. The lowest BCUT2D eigenvalue weighted by Gasteiger charge is -2.14. The fraction of sp³-hybridized carbons (Fsp3) is 0.167.